The fraction of sp³-hybridized carbons (Fsp3) is 0.957. The van der Waals surface area contributed by atoms with Crippen molar-refractivity contribution in [3.05, 3.63) is 0 Å². The average Bonchev–Trinajstić information content (AvgIpc) is 3.20. The molecule has 10 nitrogen and oxygen atoms in total. The smallest absolute Gasteiger partial charge is 0.472 e. The Morgan fingerprint density at radius 1 is 0.483 bits per heavy atom. The summed E-state index contributed by atoms with van der Waals surface area (Å²) in [7, 11) is -4.61. The first-order chi connectivity index (χ1) is 28.2. The molecule has 0 spiro atoms. The number of hydrogen-bond acceptors (Lipinski definition) is 8. The summed E-state index contributed by atoms with van der Waals surface area (Å²) in [5.41, 5.74) is 5.37. The van der Waals surface area contributed by atoms with Crippen molar-refractivity contribution < 1.29 is 42.7 Å². The molecule has 0 aliphatic heterocycles. The second-order valence-corrected chi connectivity index (χ2v) is 18.4. The zero-order chi connectivity index (χ0) is 42.6. The van der Waals surface area contributed by atoms with E-state index < -0.39 is 45.1 Å². The Bertz CT molecular complexity index is 940. The maximum atomic E-state index is 12.7. The van der Waals surface area contributed by atoms with Gasteiger partial charge in [0, 0.05) is 13.0 Å². The van der Waals surface area contributed by atoms with Gasteiger partial charge >= 0.3 is 19.8 Å². The molecular formula is C47H94NO9P. The number of nitrogens with two attached hydrogens (primary N) is 1. The second-order valence-electron chi connectivity index (χ2n) is 17.0. The monoisotopic (exact) mass is 848 g/mol. The van der Waals surface area contributed by atoms with Crippen LogP contribution in [0, 0.1) is 0 Å². The van der Waals surface area contributed by atoms with Gasteiger partial charge in [0.1, 0.15) is 12.1 Å². The van der Waals surface area contributed by atoms with Crippen LogP contribution in [0.15, 0.2) is 0 Å². The van der Waals surface area contributed by atoms with Gasteiger partial charge in [-0.2, -0.15) is 0 Å². The van der Waals surface area contributed by atoms with Crippen LogP contribution in [-0.4, -0.2) is 60.5 Å². The Morgan fingerprint density at radius 3 is 1.14 bits per heavy atom. The first kappa shape index (κ1) is 57.0. The van der Waals surface area contributed by atoms with Crippen LogP contribution in [0.2, 0.25) is 0 Å². The van der Waals surface area contributed by atoms with Gasteiger partial charge in [-0.3, -0.25) is 18.6 Å². The van der Waals surface area contributed by atoms with E-state index in [1.807, 2.05) is 0 Å². The highest BCUT2D eigenvalue weighted by molar-refractivity contribution is 7.47. The van der Waals surface area contributed by atoms with E-state index in [1.165, 1.54) is 193 Å². The molecule has 0 aliphatic carbocycles. The number of carboxylic acids is 1. The van der Waals surface area contributed by atoms with E-state index in [9.17, 15) is 19.0 Å². The average molecular weight is 848 g/mol. The zero-order valence-corrected chi connectivity index (χ0v) is 38.8. The fourth-order valence-corrected chi connectivity index (χ4v) is 8.09. The van der Waals surface area contributed by atoms with Crippen LogP contribution < -0.4 is 5.73 Å². The van der Waals surface area contributed by atoms with Gasteiger partial charge in [-0.15, -0.1) is 0 Å². The van der Waals surface area contributed by atoms with Crippen LogP contribution in [0.4, 0.5) is 0 Å². The molecule has 0 rings (SSSR count). The van der Waals surface area contributed by atoms with Crippen molar-refractivity contribution in [2.45, 2.75) is 264 Å². The van der Waals surface area contributed by atoms with Gasteiger partial charge in [-0.25, -0.2) is 4.57 Å². The summed E-state index contributed by atoms with van der Waals surface area (Å²) in [6.45, 7) is 3.95. The van der Waals surface area contributed by atoms with Crippen LogP contribution in [0.1, 0.15) is 251 Å². The third kappa shape index (κ3) is 43.1. The predicted octanol–water partition coefficient (Wildman–Crippen LogP) is 13.9. The van der Waals surface area contributed by atoms with Gasteiger partial charge < -0.3 is 25.2 Å². The molecule has 0 heterocycles. The summed E-state index contributed by atoms with van der Waals surface area (Å²) in [5, 5.41) is 8.91. The molecule has 1 unspecified atom stereocenters. The van der Waals surface area contributed by atoms with Crippen LogP contribution in [0.25, 0.3) is 0 Å². The van der Waals surface area contributed by atoms with Gasteiger partial charge in [0.2, 0.25) is 0 Å². The number of carbonyl (C=O) groups is 2. The number of hydrogen-bond donors (Lipinski definition) is 3. The number of aliphatic carboxylic acids is 1. The van der Waals surface area contributed by atoms with E-state index in [0.717, 1.165) is 38.5 Å². The Hall–Kier alpha value is -1.03. The van der Waals surface area contributed by atoms with Gasteiger partial charge in [0.05, 0.1) is 19.8 Å². The lowest BCUT2D eigenvalue weighted by molar-refractivity contribution is -0.154. The van der Waals surface area contributed by atoms with Crippen LogP contribution >= 0.6 is 7.82 Å². The topological polar surface area (TPSA) is 155 Å². The summed E-state index contributed by atoms with van der Waals surface area (Å²) < 4.78 is 33.5. The largest absolute Gasteiger partial charge is 0.480 e. The van der Waals surface area contributed by atoms with Gasteiger partial charge in [0.15, 0.2) is 0 Å². The Balaban J connectivity index is 4.10. The molecule has 58 heavy (non-hydrogen) atoms. The summed E-state index contributed by atoms with van der Waals surface area (Å²) in [5.74, 6) is -1.76. The number of carbonyl (C=O) groups excluding carboxylic acids is 1. The van der Waals surface area contributed by atoms with Crippen molar-refractivity contribution in [1.82, 2.24) is 0 Å². The van der Waals surface area contributed by atoms with E-state index in [4.69, 9.17) is 29.4 Å². The zero-order valence-electron chi connectivity index (χ0n) is 37.9. The predicted molar refractivity (Wildman–Crippen MR) is 240 cm³/mol. The maximum absolute atomic E-state index is 12.7. The third-order valence-electron chi connectivity index (χ3n) is 11.1. The Morgan fingerprint density at radius 2 is 0.793 bits per heavy atom. The number of ether oxygens (including phenoxy) is 2. The molecule has 4 N–H and O–H groups in total. The molecular weight excluding hydrogens is 753 g/mol. The SMILES string of the molecule is CCCCCCCCCCCCCCCCCCCCCCOC[C@H](COP(=O)(O)OC[C@H](N)C(=O)O)OC(=O)CCCCCCCCCCCCCCCCCC. The quantitative estimate of drug-likeness (QED) is 0.0306. The van der Waals surface area contributed by atoms with Crippen molar-refractivity contribution in [2.75, 3.05) is 26.4 Å². The lowest BCUT2D eigenvalue weighted by Gasteiger charge is -2.20. The number of esters is 1. The molecule has 0 aromatic heterocycles. The molecule has 0 aromatic rings. The Kier molecular flexibility index (Phi) is 43.3. The molecule has 0 amide bonds. The number of unbranched alkanes of at least 4 members (excludes halogenated alkanes) is 34. The lowest BCUT2D eigenvalue weighted by atomic mass is 10.0. The normalized spacial score (nSPS) is 13.7. The van der Waals surface area contributed by atoms with Crippen molar-refractivity contribution in [2.24, 2.45) is 5.73 Å². The number of phosphoric ester groups is 1. The van der Waals surface area contributed by atoms with Gasteiger partial charge in [-0.05, 0) is 12.8 Å². The minimum atomic E-state index is -4.61. The molecule has 0 bridgehead atoms. The summed E-state index contributed by atoms with van der Waals surface area (Å²) >= 11 is 0. The molecule has 3 atom stereocenters. The van der Waals surface area contributed by atoms with Crippen molar-refractivity contribution >= 4 is 19.8 Å². The maximum Gasteiger partial charge on any atom is 0.472 e. The standard InChI is InChI=1S/C47H94NO9P/c1-3-5-7-9-11-13-15-17-19-21-22-23-24-26-28-30-32-34-36-38-40-54-41-44(42-55-58(52,53)56-43-45(48)47(50)51)57-46(49)39-37-35-33-31-29-27-25-20-18-16-14-12-10-8-6-4-2/h44-45H,3-43,48H2,1-2H3,(H,50,51)(H,52,53)/t44-,45+/m1/s1. The highest BCUT2D eigenvalue weighted by Crippen LogP contribution is 2.43. The summed E-state index contributed by atoms with van der Waals surface area (Å²) in [6, 6.07) is -1.47. The fourth-order valence-electron chi connectivity index (χ4n) is 7.31. The van der Waals surface area contributed by atoms with Crippen LogP contribution in [-0.2, 0) is 32.7 Å². The molecule has 11 heteroatoms. The van der Waals surface area contributed by atoms with Gasteiger partial charge in [0.25, 0.3) is 0 Å². The highest BCUT2D eigenvalue weighted by atomic mass is 31.2. The van der Waals surface area contributed by atoms with Crippen molar-refractivity contribution in [3.63, 3.8) is 0 Å². The minimum absolute atomic E-state index is 0.0263. The number of phosphoric acid groups is 1. The van der Waals surface area contributed by atoms with E-state index in [0.29, 0.717) is 6.61 Å². The molecule has 0 saturated heterocycles. The molecule has 0 aromatic carbocycles. The van der Waals surface area contributed by atoms with Gasteiger partial charge in [-0.1, -0.05) is 232 Å². The van der Waals surface area contributed by atoms with Crippen molar-refractivity contribution in [3.8, 4) is 0 Å². The van der Waals surface area contributed by atoms with E-state index >= 15 is 0 Å². The van der Waals surface area contributed by atoms with E-state index in [-0.39, 0.29) is 13.0 Å². The summed E-state index contributed by atoms with van der Waals surface area (Å²) in [4.78, 5) is 33.6. The number of carboxylic acid groups (broad SMARTS) is 1. The number of rotatable bonds is 48. The summed E-state index contributed by atoms with van der Waals surface area (Å²) in [6.07, 6.45) is 45.8. The third-order valence-corrected chi connectivity index (χ3v) is 12.1. The molecule has 0 saturated carbocycles. The molecule has 0 fully saturated rings. The first-order valence-corrected chi connectivity index (χ1v) is 26.1. The van der Waals surface area contributed by atoms with E-state index in [1.54, 1.807) is 0 Å². The van der Waals surface area contributed by atoms with E-state index in [2.05, 4.69) is 13.8 Å². The first-order valence-electron chi connectivity index (χ1n) is 24.6. The molecule has 346 valence electrons. The van der Waals surface area contributed by atoms with Crippen LogP contribution in [0.5, 0.6) is 0 Å². The Labute approximate surface area is 357 Å². The molecule has 0 aliphatic rings. The van der Waals surface area contributed by atoms with Crippen LogP contribution in [0.3, 0.4) is 0 Å². The minimum Gasteiger partial charge on any atom is -0.480 e. The lowest BCUT2D eigenvalue weighted by Crippen LogP contribution is -2.34. The van der Waals surface area contributed by atoms with Crippen molar-refractivity contribution in [1.29, 1.82) is 0 Å². The second kappa shape index (κ2) is 44.0. The highest BCUT2D eigenvalue weighted by Gasteiger charge is 2.27. The molecule has 0 radical (unpaired) electrons.